The van der Waals surface area contributed by atoms with Gasteiger partial charge in [-0.2, -0.15) is 0 Å². The number of hydrogen-bond acceptors (Lipinski definition) is 4. The van der Waals surface area contributed by atoms with Crippen LogP contribution in [0.5, 0.6) is 0 Å². The molecular weight excluding hydrogens is 272 g/mol. The van der Waals surface area contributed by atoms with Crippen LogP contribution in [0.1, 0.15) is 52.0 Å². The first kappa shape index (κ1) is 13.8. The van der Waals surface area contributed by atoms with Crippen LogP contribution < -0.4 is 5.32 Å². The molecule has 3 heterocycles. The first-order valence-electron chi connectivity index (χ1n) is 7.31. The third kappa shape index (κ3) is 2.65. The van der Waals surface area contributed by atoms with Crippen molar-refractivity contribution in [2.24, 2.45) is 0 Å². The number of rotatable bonds is 3. The van der Waals surface area contributed by atoms with Crippen LogP contribution in [-0.2, 0) is 0 Å². The Bertz CT molecular complexity index is 526. The maximum absolute atomic E-state index is 12.3. The minimum absolute atomic E-state index is 0.0216. The second-order valence-corrected chi connectivity index (χ2v) is 6.77. The van der Waals surface area contributed by atoms with Crippen LogP contribution in [0.4, 0.5) is 0 Å². The lowest BCUT2D eigenvalue weighted by molar-refractivity contribution is 0.0919. The SMILES string of the molecule is CC(=O)c1ccc(C(=O)NC2CCN3CCCCC23)s1. The van der Waals surface area contributed by atoms with Gasteiger partial charge in [-0.1, -0.05) is 6.42 Å². The van der Waals surface area contributed by atoms with Crippen molar-refractivity contribution in [2.75, 3.05) is 13.1 Å². The predicted octanol–water partition coefficient (Wildman–Crippen LogP) is 2.31. The lowest BCUT2D eigenvalue weighted by Gasteiger charge is -2.32. The molecule has 1 amide bonds. The number of ketones is 1. The van der Waals surface area contributed by atoms with Crippen molar-refractivity contribution in [3.8, 4) is 0 Å². The molecule has 2 unspecified atom stereocenters. The summed E-state index contributed by atoms with van der Waals surface area (Å²) in [6, 6.07) is 4.28. The summed E-state index contributed by atoms with van der Waals surface area (Å²) in [6.07, 6.45) is 4.78. The van der Waals surface area contributed by atoms with Crippen molar-refractivity contribution in [1.82, 2.24) is 10.2 Å². The van der Waals surface area contributed by atoms with Gasteiger partial charge >= 0.3 is 0 Å². The molecule has 5 heteroatoms. The Morgan fingerprint density at radius 3 is 2.75 bits per heavy atom. The minimum Gasteiger partial charge on any atom is -0.347 e. The van der Waals surface area contributed by atoms with E-state index in [-0.39, 0.29) is 17.7 Å². The van der Waals surface area contributed by atoms with Crippen LogP contribution in [0, 0.1) is 0 Å². The van der Waals surface area contributed by atoms with Crippen molar-refractivity contribution < 1.29 is 9.59 Å². The molecule has 3 rings (SSSR count). The van der Waals surface area contributed by atoms with Gasteiger partial charge in [-0.3, -0.25) is 14.5 Å². The van der Waals surface area contributed by atoms with Crippen molar-refractivity contribution in [3.05, 3.63) is 21.9 Å². The van der Waals surface area contributed by atoms with Gasteiger partial charge in [0.1, 0.15) is 0 Å². The molecule has 0 spiro atoms. The van der Waals surface area contributed by atoms with E-state index < -0.39 is 0 Å². The molecule has 0 bridgehead atoms. The van der Waals surface area contributed by atoms with E-state index in [0.717, 1.165) is 13.0 Å². The highest BCUT2D eigenvalue weighted by atomic mass is 32.1. The maximum Gasteiger partial charge on any atom is 0.261 e. The molecule has 0 aromatic carbocycles. The van der Waals surface area contributed by atoms with E-state index in [1.165, 1.54) is 44.1 Å². The number of Topliss-reactive ketones (excluding diaryl/α,β-unsaturated/α-hetero) is 1. The number of carbonyl (C=O) groups is 2. The fraction of sp³-hybridized carbons (Fsp3) is 0.600. The Kier molecular flexibility index (Phi) is 3.89. The van der Waals surface area contributed by atoms with Gasteiger partial charge in [0.05, 0.1) is 9.75 Å². The van der Waals surface area contributed by atoms with Crippen molar-refractivity contribution in [2.45, 2.75) is 44.7 Å². The standard InChI is InChI=1S/C15H20N2O2S/c1-10(18)13-5-6-14(20-13)15(19)16-11-7-9-17-8-3-2-4-12(11)17/h5-6,11-12H,2-4,7-9H2,1H3,(H,16,19). The molecule has 2 aliphatic rings. The molecule has 0 saturated carbocycles. The minimum atomic E-state index is -0.0278. The molecule has 0 radical (unpaired) electrons. The summed E-state index contributed by atoms with van der Waals surface area (Å²) in [4.78, 5) is 27.4. The molecule has 2 aliphatic heterocycles. The van der Waals surface area contributed by atoms with E-state index in [1.54, 1.807) is 12.1 Å². The fourth-order valence-corrected chi connectivity index (χ4v) is 4.11. The van der Waals surface area contributed by atoms with Gasteiger partial charge < -0.3 is 5.32 Å². The largest absolute Gasteiger partial charge is 0.347 e. The fourth-order valence-electron chi connectivity index (χ4n) is 3.30. The normalized spacial score (nSPS) is 26.2. The number of fused-ring (bicyclic) bond motifs is 1. The van der Waals surface area contributed by atoms with E-state index in [1.807, 2.05) is 0 Å². The number of thiophene rings is 1. The van der Waals surface area contributed by atoms with Crippen molar-refractivity contribution in [3.63, 3.8) is 0 Å². The van der Waals surface area contributed by atoms with Crippen LogP contribution in [0.25, 0.3) is 0 Å². The Hall–Kier alpha value is -1.20. The number of nitrogens with zero attached hydrogens (tertiary/aromatic N) is 1. The monoisotopic (exact) mass is 292 g/mol. The van der Waals surface area contributed by atoms with Crippen molar-refractivity contribution >= 4 is 23.0 Å². The highest BCUT2D eigenvalue weighted by Gasteiger charge is 2.36. The number of carbonyl (C=O) groups excluding carboxylic acids is 2. The zero-order chi connectivity index (χ0) is 14.1. The molecule has 2 fully saturated rings. The third-order valence-electron chi connectivity index (χ3n) is 4.35. The third-order valence-corrected chi connectivity index (χ3v) is 5.53. The van der Waals surface area contributed by atoms with Gasteiger partial charge in [0, 0.05) is 18.6 Å². The first-order valence-corrected chi connectivity index (χ1v) is 8.12. The molecule has 0 aliphatic carbocycles. The molecular formula is C15H20N2O2S. The summed E-state index contributed by atoms with van der Waals surface area (Å²) in [5.41, 5.74) is 0. The summed E-state index contributed by atoms with van der Waals surface area (Å²) in [5.74, 6) is -0.00621. The Morgan fingerprint density at radius 1 is 1.20 bits per heavy atom. The van der Waals surface area contributed by atoms with Crippen LogP contribution in [0.15, 0.2) is 12.1 Å². The Morgan fingerprint density at radius 2 is 2.00 bits per heavy atom. The van der Waals surface area contributed by atoms with Gasteiger partial charge in [0.2, 0.25) is 0 Å². The highest BCUT2D eigenvalue weighted by molar-refractivity contribution is 7.15. The molecule has 108 valence electrons. The summed E-state index contributed by atoms with van der Waals surface area (Å²) in [6.45, 7) is 3.80. The Balaban J connectivity index is 1.65. The summed E-state index contributed by atoms with van der Waals surface area (Å²) in [7, 11) is 0. The highest BCUT2D eigenvalue weighted by Crippen LogP contribution is 2.27. The number of piperidine rings is 1. The molecule has 1 N–H and O–H groups in total. The topological polar surface area (TPSA) is 49.4 Å². The average molecular weight is 292 g/mol. The van der Waals surface area contributed by atoms with Crippen LogP contribution in [0.2, 0.25) is 0 Å². The Labute approximate surface area is 123 Å². The van der Waals surface area contributed by atoms with Gasteiger partial charge in [-0.25, -0.2) is 0 Å². The maximum atomic E-state index is 12.3. The van der Waals surface area contributed by atoms with E-state index in [4.69, 9.17) is 0 Å². The number of hydrogen-bond donors (Lipinski definition) is 1. The molecule has 2 atom stereocenters. The summed E-state index contributed by atoms with van der Waals surface area (Å²) >= 11 is 1.29. The molecule has 1 aromatic rings. The smallest absolute Gasteiger partial charge is 0.261 e. The van der Waals surface area contributed by atoms with Gasteiger partial charge in [-0.15, -0.1) is 11.3 Å². The van der Waals surface area contributed by atoms with Gasteiger partial charge in [0.25, 0.3) is 5.91 Å². The van der Waals surface area contributed by atoms with Gasteiger partial charge in [0.15, 0.2) is 5.78 Å². The number of nitrogens with one attached hydrogen (secondary N) is 1. The van der Waals surface area contributed by atoms with Crippen LogP contribution >= 0.6 is 11.3 Å². The molecule has 4 nitrogen and oxygen atoms in total. The van der Waals surface area contributed by atoms with Gasteiger partial charge in [-0.05, 0) is 44.9 Å². The average Bonchev–Trinajstić information content (AvgIpc) is 3.06. The molecule has 1 aromatic heterocycles. The second kappa shape index (κ2) is 5.66. The lowest BCUT2D eigenvalue weighted by atomic mass is 9.99. The number of amides is 1. The van der Waals surface area contributed by atoms with E-state index in [9.17, 15) is 9.59 Å². The predicted molar refractivity (Wildman–Crippen MR) is 79.4 cm³/mol. The van der Waals surface area contributed by atoms with E-state index in [0.29, 0.717) is 15.8 Å². The zero-order valence-electron chi connectivity index (χ0n) is 11.7. The first-order chi connectivity index (χ1) is 9.65. The van der Waals surface area contributed by atoms with Crippen LogP contribution in [-0.4, -0.2) is 41.8 Å². The molecule has 20 heavy (non-hydrogen) atoms. The summed E-state index contributed by atoms with van der Waals surface area (Å²) in [5, 5.41) is 3.17. The van der Waals surface area contributed by atoms with E-state index in [2.05, 4.69) is 10.2 Å². The van der Waals surface area contributed by atoms with Crippen molar-refractivity contribution in [1.29, 1.82) is 0 Å². The van der Waals surface area contributed by atoms with Crippen LogP contribution in [0.3, 0.4) is 0 Å². The second-order valence-electron chi connectivity index (χ2n) is 5.69. The zero-order valence-corrected chi connectivity index (χ0v) is 12.5. The lowest BCUT2D eigenvalue weighted by Crippen LogP contribution is -2.46. The van der Waals surface area contributed by atoms with E-state index >= 15 is 0 Å². The quantitative estimate of drug-likeness (QED) is 0.870. The summed E-state index contributed by atoms with van der Waals surface area (Å²) < 4.78 is 0. The molecule has 2 saturated heterocycles.